The zero-order valence-corrected chi connectivity index (χ0v) is 9.03. The third-order valence-electron chi connectivity index (χ3n) is 1.83. The summed E-state index contributed by atoms with van der Waals surface area (Å²) in [5.41, 5.74) is 5.45. The smallest absolute Gasteiger partial charge is 0.225 e. The van der Waals surface area contributed by atoms with Gasteiger partial charge in [0.25, 0.3) is 0 Å². The van der Waals surface area contributed by atoms with E-state index in [1.54, 1.807) is 6.20 Å². The highest BCUT2D eigenvalue weighted by molar-refractivity contribution is 5.89. The molecule has 0 radical (unpaired) electrons. The molecule has 0 spiro atoms. The first-order valence-electron chi connectivity index (χ1n) is 4.82. The Hall–Kier alpha value is -1.49. The molecule has 0 fully saturated rings. The van der Waals surface area contributed by atoms with Gasteiger partial charge in [-0.3, -0.25) is 9.78 Å². The Labute approximate surface area is 89.1 Å². The summed E-state index contributed by atoms with van der Waals surface area (Å²) < 4.78 is 0. The first-order valence-corrected chi connectivity index (χ1v) is 4.82. The molecule has 3 N–H and O–H groups in total. The minimum atomic E-state index is -0.320. The van der Waals surface area contributed by atoms with Gasteiger partial charge in [-0.1, -0.05) is 0 Å². The monoisotopic (exact) mass is 208 g/mol. The molecule has 0 aliphatic rings. The number of nitrogens with zero attached hydrogens (tertiary/aromatic N) is 2. The van der Waals surface area contributed by atoms with Crippen molar-refractivity contribution in [3.05, 3.63) is 18.6 Å². The van der Waals surface area contributed by atoms with Gasteiger partial charge in [-0.05, 0) is 20.3 Å². The van der Waals surface area contributed by atoms with E-state index in [0.717, 1.165) is 0 Å². The number of nitrogens with one attached hydrogen (secondary N) is 1. The van der Waals surface area contributed by atoms with Crippen molar-refractivity contribution in [3.8, 4) is 0 Å². The Morgan fingerprint density at radius 2 is 2.27 bits per heavy atom. The van der Waals surface area contributed by atoms with Crippen molar-refractivity contribution in [2.75, 3.05) is 5.32 Å². The van der Waals surface area contributed by atoms with E-state index >= 15 is 0 Å². The van der Waals surface area contributed by atoms with Crippen molar-refractivity contribution in [3.63, 3.8) is 0 Å². The summed E-state index contributed by atoms with van der Waals surface area (Å²) >= 11 is 0. The van der Waals surface area contributed by atoms with E-state index in [2.05, 4.69) is 15.3 Å². The molecule has 1 aromatic rings. The van der Waals surface area contributed by atoms with E-state index < -0.39 is 0 Å². The third-order valence-corrected chi connectivity index (χ3v) is 1.83. The van der Waals surface area contributed by atoms with Gasteiger partial charge < -0.3 is 11.1 Å². The highest BCUT2D eigenvalue weighted by Gasteiger charge is 2.13. The molecular weight excluding hydrogens is 192 g/mol. The second-order valence-electron chi connectivity index (χ2n) is 4.13. The van der Waals surface area contributed by atoms with Crippen molar-refractivity contribution in [1.29, 1.82) is 0 Å². The lowest BCUT2D eigenvalue weighted by Gasteiger charge is -2.17. The Bertz CT molecular complexity index is 318. The summed E-state index contributed by atoms with van der Waals surface area (Å²) in [6.07, 6.45) is 5.62. The van der Waals surface area contributed by atoms with Crippen molar-refractivity contribution in [1.82, 2.24) is 9.97 Å². The normalized spacial score (nSPS) is 11.1. The summed E-state index contributed by atoms with van der Waals surface area (Å²) in [5.74, 6) is 0.381. The van der Waals surface area contributed by atoms with Crippen LogP contribution in [0.4, 0.5) is 5.82 Å². The van der Waals surface area contributed by atoms with Crippen molar-refractivity contribution in [2.45, 2.75) is 32.2 Å². The van der Waals surface area contributed by atoms with Gasteiger partial charge in [0.15, 0.2) is 5.82 Å². The molecule has 1 rings (SSSR count). The van der Waals surface area contributed by atoms with Gasteiger partial charge in [0, 0.05) is 24.4 Å². The fourth-order valence-corrected chi connectivity index (χ4v) is 1.00. The predicted octanol–water partition coefficient (Wildman–Crippen LogP) is 0.933. The number of aromatic nitrogens is 2. The summed E-state index contributed by atoms with van der Waals surface area (Å²) in [5, 5.41) is 2.65. The van der Waals surface area contributed by atoms with Crippen molar-refractivity contribution in [2.24, 2.45) is 5.73 Å². The van der Waals surface area contributed by atoms with Crippen LogP contribution in [0.1, 0.15) is 26.7 Å². The second kappa shape index (κ2) is 4.84. The summed E-state index contributed by atoms with van der Waals surface area (Å²) in [7, 11) is 0. The predicted molar refractivity (Wildman–Crippen MR) is 58.2 cm³/mol. The van der Waals surface area contributed by atoms with Crippen LogP contribution >= 0.6 is 0 Å². The molecule has 1 amide bonds. The maximum Gasteiger partial charge on any atom is 0.225 e. The first kappa shape index (κ1) is 11.6. The maximum absolute atomic E-state index is 11.4. The number of nitrogens with two attached hydrogens (primary N) is 1. The van der Waals surface area contributed by atoms with Crippen LogP contribution in [0, 0.1) is 0 Å². The lowest BCUT2D eigenvalue weighted by atomic mass is 10.00. The summed E-state index contributed by atoms with van der Waals surface area (Å²) in [4.78, 5) is 19.2. The van der Waals surface area contributed by atoms with E-state index in [0.29, 0.717) is 18.7 Å². The van der Waals surface area contributed by atoms with Crippen molar-refractivity contribution < 1.29 is 4.79 Å². The topological polar surface area (TPSA) is 80.9 Å². The highest BCUT2D eigenvalue weighted by Crippen LogP contribution is 2.08. The molecule has 0 saturated heterocycles. The summed E-state index contributed by atoms with van der Waals surface area (Å²) in [6.45, 7) is 3.78. The van der Waals surface area contributed by atoms with Crippen LogP contribution in [0.15, 0.2) is 18.6 Å². The number of hydrogen-bond acceptors (Lipinski definition) is 4. The number of hydrogen-bond donors (Lipinski definition) is 2. The van der Waals surface area contributed by atoms with Crippen LogP contribution in [0.3, 0.4) is 0 Å². The zero-order valence-electron chi connectivity index (χ0n) is 9.03. The summed E-state index contributed by atoms with van der Waals surface area (Å²) in [6, 6.07) is 0. The number of rotatable bonds is 4. The molecule has 0 atom stereocenters. The number of anilines is 1. The molecule has 0 bridgehead atoms. The van der Waals surface area contributed by atoms with E-state index in [9.17, 15) is 4.79 Å². The zero-order chi connectivity index (χ0) is 11.3. The minimum absolute atomic E-state index is 0.0889. The minimum Gasteiger partial charge on any atom is -0.326 e. The maximum atomic E-state index is 11.4. The molecule has 0 unspecified atom stereocenters. The van der Waals surface area contributed by atoms with Crippen LogP contribution in [-0.4, -0.2) is 21.4 Å². The lowest BCUT2D eigenvalue weighted by molar-refractivity contribution is -0.116. The average molecular weight is 208 g/mol. The molecule has 1 aromatic heterocycles. The van der Waals surface area contributed by atoms with Gasteiger partial charge in [0.05, 0.1) is 6.20 Å². The molecule has 0 aromatic carbocycles. The van der Waals surface area contributed by atoms with Gasteiger partial charge in [0.2, 0.25) is 5.91 Å². The quantitative estimate of drug-likeness (QED) is 0.771. The molecule has 5 nitrogen and oxygen atoms in total. The number of carbonyl (C=O) groups excluding carboxylic acids is 1. The Morgan fingerprint density at radius 3 is 2.80 bits per heavy atom. The number of amides is 1. The first-order chi connectivity index (χ1) is 6.97. The number of carbonyl (C=O) groups is 1. The lowest BCUT2D eigenvalue weighted by Crippen LogP contribution is -2.33. The molecule has 1 heterocycles. The SMILES string of the molecule is CC(C)(N)CCC(=O)Nc1cnccn1. The Kier molecular flexibility index (Phi) is 3.74. The van der Waals surface area contributed by atoms with Gasteiger partial charge in [-0.2, -0.15) is 0 Å². The van der Waals surface area contributed by atoms with Gasteiger partial charge in [-0.15, -0.1) is 0 Å². The molecule has 0 saturated carbocycles. The van der Waals surface area contributed by atoms with Gasteiger partial charge >= 0.3 is 0 Å². The van der Waals surface area contributed by atoms with Gasteiger partial charge in [-0.25, -0.2) is 4.98 Å². The largest absolute Gasteiger partial charge is 0.326 e. The Balaban J connectivity index is 2.38. The highest BCUT2D eigenvalue weighted by atomic mass is 16.1. The Morgan fingerprint density at radius 1 is 1.53 bits per heavy atom. The molecule has 5 heteroatoms. The standard InChI is InChI=1S/C10H16N4O/c1-10(2,11)4-3-9(15)14-8-7-12-5-6-13-8/h5-7H,3-4,11H2,1-2H3,(H,13,14,15). The molecular formula is C10H16N4O. The molecule has 0 aliphatic heterocycles. The third kappa shape index (κ3) is 5.07. The van der Waals surface area contributed by atoms with Crippen LogP contribution < -0.4 is 11.1 Å². The molecule has 0 aliphatic carbocycles. The van der Waals surface area contributed by atoms with E-state index in [1.165, 1.54) is 12.4 Å². The van der Waals surface area contributed by atoms with Gasteiger partial charge in [0.1, 0.15) is 0 Å². The van der Waals surface area contributed by atoms with Crippen LogP contribution in [0.2, 0.25) is 0 Å². The fraction of sp³-hybridized carbons (Fsp3) is 0.500. The van der Waals surface area contributed by atoms with E-state index in [1.807, 2.05) is 13.8 Å². The molecule has 82 valence electrons. The van der Waals surface area contributed by atoms with Crippen LogP contribution in [0.5, 0.6) is 0 Å². The van der Waals surface area contributed by atoms with Crippen molar-refractivity contribution >= 4 is 11.7 Å². The van der Waals surface area contributed by atoms with E-state index in [-0.39, 0.29) is 11.4 Å². The van der Waals surface area contributed by atoms with E-state index in [4.69, 9.17) is 5.73 Å². The second-order valence-corrected chi connectivity index (χ2v) is 4.13. The van der Waals surface area contributed by atoms with Crippen LogP contribution in [-0.2, 0) is 4.79 Å². The molecule has 15 heavy (non-hydrogen) atoms. The average Bonchev–Trinajstić information content (AvgIpc) is 2.15. The fourth-order valence-electron chi connectivity index (χ4n) is 1.00. The van der Waals surface area contributed by atoms with Crippen LogP contribution in [0.25, 0.3) is 0 Å².